The molecule has 0 saturated heterocycles. The van der Waals surface area contributed by atoms with Crippen LogP contribution >= 0.6 is 0 Å². The SMILES string of the molecule is CC(C)C(NC(=O)OCc1ccccc1)C(=O)N[C@@H](CC(=O)O)C(=O)N[C@@H](CCC(=O)O)C(=O)N[C@@H](Cc1cnc[nH]1)C(=O)N[C@H](/C=C/S(=O)(=O)c1ccccc1)CC(=O)O. The number of carbonyl (C=O) groups excluding carboxylic acids is 5. The first-order valence-corrected chi connectivity index (χ1v) is 20.2. The zero-order valence-electron chi connectivity index (χ0n) is 33.0. The van der Waals surface area contributed by atoms with Gasteiger partial charge in [-0.1, -0.05) is 62.4 Å². The van der Waals surface area contributed by atoms with Crippen molar-refractivity contribution in [1.29, 1.82) is 0 Å². The molecular formula is C39H47N7O14S. The lowest BCUT2D eigenvalue weighted by molar-refractivity contribution is -0.141. The predicted octanol–water partition coefficient (Wildman–Crippen LogP) is 0.644. The van der Waals surface area contributed by atoms with Crippen LogP contribution in [0.25, 0.3) is 0 Å². The fraction of sp³-hybridized carbons (Fsp3) is 0.359. The molecule has 1 unspecified atom stereocenters. The lowest BCUT2D eigenvalue weighted by atomic mass is 10.0. The van der Waals surface area contributed by atoms with Crippen molar-refractivity contribution in [3.8, 4) is 0 Å². The summed E-state index contributed by atoms with van der Waals surface area (Å²) in [6.45, 7) is 2.98. The average Bonchev–Trinajstić information content (AvgIpc) is 3.72. The molecule has 0 aliphatic heterocycles. The average molecular weight is 870 g/mol. The van der Waals surface area contributed by atoms with E-state index >= 15 is 0 Å². The van der Waals surface area contributed by atoms with Crippen molar-refractivity contribution in [1.82, 2.24) is 36.6 Å². The number of hydrogen-bond donors (Lipinski definition) is 9. The molecule has 0 bridgehead atoms. The molecule has 0 radical (unpaired) electrons. The molecule has 1 aromatic heterocycles. The molecule has 5 atom stereocenters. The lowest BCUT2D eigenvalue weighted by Gasteiger charge is -2.27. The van der Waals surface area contributed by atoms with Gasteiger partial charge in [0, 0.05) is 30.1 Å². The minimum absolute atomic E-state index is 0.105. The number of carboxylic acid groups (broad SMARTS) is 3. The molecule has 3 aromatic rings. The molecule has 0 saturated carbocycles. The first kappa shape index (κ1) is 48.3. The second-order valence-corrected chi connectivity index (χ2v) is 15.7. The number of hydrogen-bond acceptors (Lipinski definition) is 12. The third-order valence-corrected chi connectivity index (χ3v) is 10.1. The Bertz CT molecular complexity index is 2130. The van der Waals surface area contributed by atoms with Crippen molar-refractivity contribution in [2.45, 2.75) is 87.7 Å². The highest BCUT2D eigenvalue weighted by Crippen LogP contribution is 2.13. The van der Waals surface area contributed by atoms with Gasteiger partial charge in [-0.3, -0.25) is 33.6 Å². The zero-order valence-corrected chi connectivity index (χ0v) is 33.8. The lowest BCUT2D eigenvalue weighted by Crippen LogP contribution is -2.59. The maximum absolute atomic E-state index is 13.8. The highest BCUT2D eigenvalue weighted by molar-refractivity contribution is 7.94. The fourth-order valence-electron chi connectivity index (χ4n) is 5.50. The van der Waals surface area contributed by atoms with E-state index in [0.717, 1.165) is 11.5 Å². The van der Waals surface area contributed by atoms with E-state index in [1.165, 1.54) is 36.8 Å². The molecule has 2 aromatic carbocycles. The van der Waals surface area contributed by atoms with Gasteiger partial charge < -0.3 is 51.6 Å². The summed E-state index contributed by atoms with van der Waals surface area (Å²) in [5.41, 5.74) is 0.938. The number of amides is 5. The Morgan fingerprint density at radius 3 is 1.87 bits per heavy atom. The van der Waals surface area contributed by atoms with Gasteiger partial charge in [0.25, 0.3) is 0 Å². The van der Waals surface area contributed by atoms with Crippen LogP contribution < -0.4 is 26.6 Å². The fourth-order valence-corrected chi connectivity index (χ4v) is 6.59. The molecule has 21 nitrogen and oxygen atoms in total. The Hall–Kier alpha value is -7.10. The number of alkyl carbamates (subject to hydrolysis) is 1. The summed E-state index contributed by atoms with van der Waals surface area (Å²) in [7, 11) is -4.08. The van der Waals surface area contributed by atoms with Gasteiger partial charge in [-0.15, -0.1) is 0 Å². The van der Waals surface area contributed by atoms with Crippen LogP contribution in [-0.2, 0) is 61.2 Å². The Kier molecular flexibility index (Phi) is 18.6. The highest BCUT2D eigenvalue weighted by atomic mass is 32.2. The predicted molar refractivity (Wildman–Crippen MR) is 213 cm³/mol. The third-order valence-electron chi connectivity index (χ3n) is 8.62. The minimum Gasteiger partial charge on any atom is -0.481 e. The Morgan fingerprint density at radius 2 is 1.30 bits per heavy atom. The highest BCUT2D eigenvalue weighted by Gasteiger charge is 2.34. The number of H-pyrrole nitrogens is 1. The van der Waals surface area contributed by atoms with Crippen LogP contribution in [0, 0.1) is 5.92 Å². The molecule has 5 amide bonds. The van der Waals surface area contributed by atoms with E-state index in [-0.39, 0.29) is 23.6 Å². The van der Waals surface area contributed by atoms with E-state index < -0.39 is 119 Å². The van der Waals surface area contributed by atoms with Crippen LogP contribution in [0.4, 0.5) is 4.79 Å². The van der Waals surface area contributed by atoms with Gasteiger partial charge in [-0.2, -0.15) is 0 Å². The third kappa shape index (κ3) is 17.0. The Morgan fingerprint density at radius 1 is 0.721 bits per heavy atom. The number of rotatable bonds is 24. The van der Waals surface area contributed by atoms with Crippen molar-refractivity contribution in [2.75, 3.05) is 0 Å². The number of carbonyl (C=O) groups is 8. The van der Waals surface area contributed by atoms with Crippen LogP contribution in [0.2, 0.25) is 0 Å². The smallest absolute Gasteiger partial charge is 0.408 e. The maximum Gasteiger partial charge on any atom is 0.408 e. The number of aromatic nitrogens is 2. The molecule has 0 aliphatic rings. The number of carboxylic acids is 3. The number of aromatic amines is 1. The molecule has 0 aliphatic carbocycles. The molecule has 3 rings (SSSR count). The largest absolute Gasteiger partial charge is 0.481 e. The number of aliphatic carboxylic acids is 3. The van der Waals surface area contributed by atoms with Gasteiger partial charge in [-0.25, -0.2) is 18.2 Å². The van der Waals surface area contributed by atoms with E-state index in [1.54, 1.807) is 50.2 Å². The first-order chi connectivity index (χ1) is 28.8. The van der Waals surface area contributed by atoms with E-state index in [1.807, 2.05) is 0 Å². The number of benzene rings is 2. The van der Waals surface area contributed by atoms with Gasteiger partial charge in [0.05, 0.1) is 30.1 Å². The number of imidazole rings is 1. The van der Waals surface area contributed by atoms with Crippen molar-refractivity contribution < 1.29 is 66.8 Å². The second kappa shape index (κ2) is 23.5. The van der Waals surface area contributed by atoms with E-state index in [0.29, 0.717) is 5.56 Å². The van der Waals surface area contributed by atoms with Crippen molar-refractivity contribution >= 4 is 57.5 Å². The van der Waals surface area contributed by atoms with Crippen LogP contribution in [0.5, 0.6) is 0 Å². The quantitative estimate of drug-likeness (QED) is 0.0597. The van der Waals surface area contributed by atoms with Crippen LogP contribution in [-0.4, -0.2) is 112 Å². The van der Waals surface area contributed by atoms with Crippen molar-refractivity contribution in [3.63, 3.8) is 0 Å². The van der Waals surface area contributed by atoms with Crippen LogP contribution in [0.15, 0.2) is 89.6 Å². The molecule has 61 heavy (non-hydrogen) atoms. The minimum atomic E-state index is -4.08. The molecule has 0 spiro atoms. The zero-order chi connectivity index (χ0) is 45.1. The number of sulfone groups is 1. The van der Waals surface area contributed by atoms with Crippen molar-refractivity contribution in [2.24, 2.45) is 5.92 Å². The molecule has 22 heteroatoms. The molecule has 1 heterocycles. The maximum atomic E-state index is 13.8. The summed E-state index contributed by atoms with van der Waals surface area (Å²) >= 11 is 0. The Labute approximate surface area is 349 Å². The summed E-state index contributed by atoms with van der Waals surface area (Å²) in [6, 6.07) is 7.81. The van der Waals surface area contributed by atoms with Gasteiger partial charge in [0.15, 0.2) is 9.84 Å². The molecule has 0 fully saturated rings. The second-order valence-electron chi connectivity index (χ2n) is 13.8. The van der Waals surface area contributed by atoms with Gasteiger partial charge in [0.1, 0.15) is 30.8 Å². The molecule has 9 N–H and O–H groups in total. The van der Waals surface area contributed by atoms with E-state index in [9.17, 15) is 62.1 Å². The summed E-state index contributed by atoms with van der Waals surface area (Å²) in [6.07, 6.45) is -0.901. The van der Waals surface area contributed by atoms with Crippen LogP contribution in [0.3, 0.4) is 0 Å². The van der Waals surface area contributed by atoms with Gasteiger partial charge in [0.2, 0.25) is 23.6 Å². The summed E-state index contributed by atoms with van der Waals surface area (Å²) in [5, 5.41) is 40.9. The van der Waals surface area contributed by atoms with Crippen LogP contribution in [0.1, 0.15) is 50.8 Å². The molecule has 328 valence electrons. The standard InChI is InChI=1S/C39H47N7O14S/c1-23(2)34(46-39(57)60-21-24-9-5-3-6-10-24)38(56)45-30(19-33(51)52)37(55)43-28(13-14-31(47)48)35(53)44-29(17-26-20-40-22-41-26)36(54)42-25(18-32(49)50)15-16-61(58,59)27-11-7-4-8-12-27/h3-12,15-16,20,22-23,25,28-30,34H,13-14,17-19,21H2,1-2H3,(H,40,41)(H,42,54)(H,43,55)(H,44,53)(H,45,56)(H,46,57)(H,47,48)(H,49,50)(H,51,52)/b16-15+/t25-,28+,29+,30+,34?/m1/s1. The molecular weight excluding hydrogens is 823 g/mol. The summed E-state index contributed by atoms with van der Waals surface area (Å²) < 4.78 is 30.9. The number of nitrogens with one attached hydrogen (secondary N) is 6. The summed E-state index contributed by atoms with van der Waals surface area (Å²) in [5.74, 6) is -9.37. The topological polar surface area (TPSA) is 329 Å². The first-order valence-electron chi connectivity index (χ1n) is 18.6. The summed E-state index contributed by atoms with van der Waals surface area (Å²) in [4.78, 5) is 109. The van der Waals surface area contributed by atoms with Gasteiger partial charge >= 0.3 is 24.0 Å². The number of nitrogens with zero attached hydrogens (tertiary/aromatic N) is 1. The van der Waals surface area contributed by atoms with Gasteiger partial charge in [-0.05, 0) is 36.1 Å². The Balaban J connectivity index is 1.82. The van der Waals surface area contributed by atoms with Crippen molar-refractivity contribution in [3.05, 3.63) is 95.9 Å². The monoisotopic (exact) mass is 869 g/mol. The van der Waals surface area contributed by atoms with E-state index in [4.69, 9.17) is 4.74 Å². The number of ether oxygens (including phenoxy) is 1. The van der Waals surface area contributed by atoms with E-state index in [2.05, 4.69) is 36.6 Å². The normalized spacial score (nSPS) is 13.8.